The summed E-state index contributed by atoms with van der Waals surface area (Å²) in [5, 5.41) is 0. The Bertz CT molecular complexity index is 327. The number of nitrogens with zero attached hydrogens (tertiary/aromatic N) is 1. The second-order valence-electron chi connectivity index (χ2n) is 3.06. The summed E-state index contributed by atoms with van der Waals surface area (Å²) in [4.78, 5) is 1.48. The van der Waals surface area contributed by atoms with E-state index in [9.17, 15) is 8.78 Å². The van der Waals surface area contributed by atoms with Crippen LogP contribution in [0.15, 0.2) is 24.3 Å². The summed E-state index contributed by atoms with van der Waals surface area (Å²) in [5.74, 6) is 0.237. The van der Waals surface area contributed by atoms with E-state index in [1.807, 2.05) is 0 Å². The van der Waals surface area contributed by atoms with Gasteiger partial charge in [-0.2, -0.15) is 8.78 Å². The zero-order valence-corrected chi connectivity index (χ0v) is 7.13. The van der Waals surface area contributed by atoms with Crippen molar-refractivity contribution in [2.24, 2.45) is 0 Å². The molecule has 0 radical (unpaired) electrons. The summed E-state index contributed by atoms with van der Waals surface area (Å²) in [5.41, 5.74) is 0.702. The highest BCUT2D eigenvalue weighted by atomic mass is 19.3. The quantitative estimate of drug-likeness (QED) is 0.613. The molecule has 0 saturated carbocycles. The summed E-state index contributed by atoms with van der Waals surface area (Å²) < 4.78 is 30.3. The van der Waals surface area contributed by atoms with Crippen molar-refractivity contribution >= 4 is 5.69 Å². The monoisotopic (exact) mass is 185 g/mol. The Morgan fingerprint density at radius 1 is 1.38 bits per heavy atom. The number of fused-ring (bicyclic) bond motifs is 1. The van der Waals surface area contributed by atoms with Crippen molar-refractivity contribution in [2.45, 2.75) is 6.11 Å². The van der Waals surface area contributed by atoms with Gasteiger partial charge >= 0.3 is 6.11 Å². The van der Waals surface area contributed by atoms with Gasteiger partial charge in [-0.25, -0.2) is 0 Å². The number of hydrogen-bond acceptors (Lipinski definition) is 2. The topological polar surface area (TPSA) is 12.5 Å². The van der Waals surface area contributed by atoms with E-state index in [4.69, 9.17) is 0 Å². The first kappa shape index (κ1) is 8.29. The molecule has 2 rings (SSSR count). The average molecular weight is 185 g/mol. The van der Waals surface area contributed by atoms with Crippen LogP contribution in [-0.2, 0) is 0 Å². The van der Waals surface area contributed by atoms with E-state index in [-0.39, 0.29) is 5.75 Å². The van der Waals surface area contributed by atoms with Crippen LogP contribution < -0.4 is 9.64 Å². The van der Waals surface area contributed by atoms with E-state index >= 15 is 0 Å². The molecule has 1 aliphatic heterocycles. The molecule has 1 aliphatic rings. The van der Waals surface area contributed by atoms with Gasteiger partial charge in [0.05, 0.1) is 5.69 Å². The highest BCUT2D eigenvalue weighted by molar-refractivity contribution is 5.59. The van der Waals surface area contributed by atoms with Crippen LogP contribution in [0, 0.1) is 0 Å². The number of para-hydroxylation sites is 2. The Kier molecular flexibility index (Phi) is 1.65. The second-order valence-corrected chi connectivity index (χ2v) is 3.06. The Balaban J connectivity index is 2.43. The SMILES string of the molecule is CN1CC(F)(F)Oc2ccccc21. The Morgan fingerprint density at radius 2 is 2.08 bits per heavy atom. The maximum atomic E-state index is 12.9. The molecule has 2 nitrogen and oxygen atoms in total. The first-order valence-electron chi connectivity index (χ1n) is 3.95. The van der Waals surface area contributed by atoms with Crippen LogP contribution in [0.4, 0.5) is 14.5 Å². The minimum atomic E-state index is -3.08. The zero-order chi connectivity index (χ0) is 9.47. The second kappa shape index (κ2) is 2.58. The van der Waals surface area contributed by atoms with Crippen LogP contribution in [0.2, 0.25) is 0 Å². The molecular weight excluding hydrogens is 176 g/mol. The van der Waals surface area contributed by atoms with Crippen molar-refractivity contribution < 1.29 is 13.5 Å². The number of ether oxygens (including phenoxy) is 1. The third kappa shape index (κ3) is 1.43. The van der Waals surface area contributed by atoms with Gasteiger partial charge in [0.1, 0.15) is 12.3 Å². The summed E-state index contributed by atoms with van der Waals surface area (Å²) in [6.07, 6.45) is -3.08. The fourth-order valence-electron chi connectivity index (χ4n) is 1.41. The summed E-state index contributed by atoms with van der Waals surface area (Å²) in [7, 11) is 1.62. The van der Waals surface area contributed by atoms with Crippen molar-refractivity contribution in [3.8, 4) is 5.75 Å². The van der Waals surface area contributed by atoms with Gasteiger partial charge in [-0.15, -0.1) is 0 Å². The van der Waals surface area contributed by atoms with E-state index in [1.54, 1.807) is 31.3 Å². The molecule has 0 amide bonds. The molecule has 0 bridgehead atoms. The van der Waals surface area contributed by atoms with Crippen LogP contribution in [0.1, 0.15) is 0 Å². The molecule has 0 fully saturated rings. The lowest BCUT2D eigenvalue weighted by molar-refractivity contribution is -0.171. The van der Waals surface area contributed by atoms with E-state index in [0.717, 1.165) is 0 Å². The van der Waals surface area contributed by atoms with Crippen LogP contribution in [0.25, 0.3) is 0 Å². The average Bonchev–Trinajstić information content (AvgIpc) is 2.02. The maximum Gasteiger partial charge on any atom is 0.415 e. The summed E-state index contributed by atoms with van der Waals surface area (Å²) >= 11 is 0. The van der Waals surface area contributed by atoms with Gasteiger partial charge in [-0.1, -0.05) is 12.1 Å². The molecular formula is C9H9F2NO. The first-order valence-corrected chi connectivity index (χ1v) is 3.95. The normalized spacial score (nSPS) is 19.2. The van der Waals surface area contributed by atoms with Crippen molar-refractivity contribution in [2.75, 3.05) is 18.5 Å². The fourth-order valence-corrected chi connectivity index (χ4v) is 1.41. The molecule has 4 heteroatoms. The molecule has 1 aromatic carbocycles. The predicted octanol–water partition coefficient (Wildman–Crippen LogP) is 2.11. The molecule has 0 atom stereocenters. The third-order valence-electron chi connectivity index (χ3n) is 1.96. The molecule has 0 N–H and O–H groups in total. The highest BCUT2D eigenvalue weighted by Gasteiger charge is 2.38. The van der Waals surface area contributed by atoms with Crippen LogP contribution in [-0.4, -0.2) is 19.7 Å². The smallest absolute Gasteiger partial charge is 0.415 e. The molecule has 1 heterocycles. The fraction of sp³-hybridized carbons (Fsp3) is 0.333. The van der Waals surface area contributed by atoms with Crippen molar-refractivity contribution in [3.05, 3.63) is 24.3 Å². The number of rotatable bonds is 0. The van der Waals surface area contributed by atoms with Gasteiger partial charge in [0.2, 0.25) is 0 Å². The minimum Gasteiger partial charge on any atom is -0.429 e. The highest BCUT2D eigenvalue weighted by Crippen LogP contribution is 2.36. The van der Waals surface area contributed by atoms with Crippen LogP contribution in [0.5, 0.6) is 5.75 Å². The molecule has 0 unspecified atom stereocenters. The summed E-state index contributed by atoms with van der Waals surface area (Å²) in [6.45, 7) is -0.399. The van der Waals surface area contributed by atoms with Crippen LogP contribution >= 0.6 is 0 Å². The molecule has 0 saturated heterocycles. The van der Waals surface area contributed by atoms with Gasteiger partial charge in [-0.05, 0) is 12.1 Å². The molecule has 13 heavy (non-hydrogen) atoms. The van der Waals surface area contributed by atoms with Gasteiger partial charge < -0.3 is 9.64 Å². The van der Waals surface area contributed by atoms with Gasteiger partial charge in [0.25, 0.3) is 0 Å². The third-order valence-corrected chi connectivity index (χ3v) is 1.96. The Morgan fingerprint density at radius 3 is 2.85 bits per heavy atom. The first-order chi connectivity index (χ1) is 6.08. The van der Waals surface area contributed by atoms with E-state index < -0.39 is 12.7 Å². The number of halogens is 2. The van der Waals surface area contributed by atoms with Gasteiger partial charge in [0.15, 0.2) is 0 Å². The lowest BCUT2D eigenvalue weighted by Crippen LogP contribution is -2.42. The standard InChI is InChI=1S/C9H9F2NO/c1-12-6-9(10,11)13-8-5-3-2-4-7(8)12/h2-5H,6H2,1H3. The van der Waals surface area contributed by atoms with Gasteiger partial charge in [-0.3, -0.25) is 0 Å². The Labute approximate surface area is 74.7 Å². The number of likely N-dealkylation sites (N-methyl/N-ethyl adjacent to an activating group) is 1. The lowest BCUT2D eigenvalue weighted by atomic mass is 10.2. The Hall–Kier alpha value is -1.32. The zero-order valence-electron chi connectivity index (χ0n) is 7.13. The van der Waals surface area contributed by atoms with Crippen molar-refractivity contribution in [1.29, 1.82) is 0 Å². The number of benzene rings is 1. The molecule has 70 valence electrons. The van der Waals surface area contributed by atoms with Crippen LogP contribution in [0.3, 0.4) is 0 Å². The van der Waals surface area contributed by atoms with E-state index in [2.05, 4.69) is 4.74 Å². The number of hydrogen-bond donors (Lipinski definition) is 0. The molecule has 0 spiro atoms. The maximum absolute atomic E-state index is 12.9. The largest absolute Gasteiger partial charge is 0.429 e. The number of alkyl halides is 2. The lowest BCUT2D eigenvalue weighted by Gasteiger charge is -2.32. The van der Waals surface area contributed by atoms with Crippen molar-refractivity contribution in [3.63, 3.8) is 0 Å². The molecule has 1 aromatic rings. The molecule has 0 aliphatic carbocycles. The van der Waals surface area contributed by atoms with Gasteiger partial charge in [0, 0.05) is 7.05 Å². The molecule has 0 aromatic heterocycles. The van der Waals surface area contributed by atoms with Crippen molar-refractivity contribution in [1.82, 2.24) is 0 Å². The van der Waals surface area contributed by atoms with E-state index in [0.29, 0.717) is 5.69 Å². The number of anilines is 1. The van der Waals surface area contributed by atoms with E-state index in [1.165, 1.54) is 4.90 Å². The summed E-state index contributed by atoms with van der Waals surface area (Å²) in [6, 6.07) is 6.76. The minimum absolute atomic E-state index is 0.237. The predicted molar refractivity (Wildman–Crippen MR) is 45.3 cm³/mol.